The van der Waals surface area contributed by atoms with Crippen LogP contribution in [-0.4, -0.2) is 13.1 Å². The van der Waals surface area contributed by atoms with Gasteiger partial charge in [0, 0.05) is 5.02 Å². The predicted molar refractivity (Wildman–Crippen MR) is 83.7 cm³/mol. The minimum absolute atomic E-state index is 0.180. The second kappa shape index (κ2) is 7.99. The molecule has 0 heterocycles. The highest BCUT2D eigenvalue weighted by molar-refractivity contribution is 6.31. The molecule has 1 N–H and O–H groups in total. The van der Waals surface area contributed by atoms with Crippen LogP contribution < -0.4 is 5.32 Å². The van der Waals surface area contributed by atoms with Crippen LogP contribution in [-0.2, 0) is 6.42 Å². The average molecular weight is 298 g/mol. The van der Waals surface area contributed by atoms with Crippen molar-refractivity contribution < 1.29 is 4.39 Å². The molecule has 1 aromatic rings. The second-order valence-corrected chi connectivity index (χ2v) is 6.36. The van der Waals surface area contributed by atoms with Gasteiger partial charge in [0.15, 0.2) is 0 Å². The fourth-order valence-corrected chi connectivity index (χ4v) is 3.46. The molecule has 1 nitrogen and oxygen atoms in total. The summed E-state index contributed by atoms with van der Waals surface area (Å²) in [7, 11) is 0. The van der Waals surface area contributed by atoms with Gasteiger partial charge in [-0.05, 0) is 74.4 Å². The summed E-state index contributed by atoms with van der Waals surface area (Å²) in [6.07, 6.45) is 7.23. The van der Waals surface area contributed by atoms with Crippen molar-refractivity contribution >= 4 is 11.6 Å². The van der Waals surface area contributed by atoms with Gasteiger partial charge in [0.25, 0.3) is 0 Å². The first-order valence-corrected chi connectivity index (χ1v) is 8.23. The molecule has 3 heteroatoms. The Morgan fingerprint density at radius 1 is 1.25 bits per heavy atom. The zero-order valence-corrected chi connectivity index (χ0v) is 13.1. The molecule has 1 aliphatic carbocycles. The molecule has 1 aromatic carbocycles. The van der Waals surface area contributed by atoms with Crippen LogP contribution in [0, 0.1) is 17.7 Å². The maximum Gasteiger partial charge on any atom is 0.123 e. The van der Waals surface area contributed by atoms with Gasteiger partial charge < -0.3 is 5.32 Å². The minimum atomic E-state index is -0.180. The first-order valence-electron chi connectivity index (χ1n) is 7.85. The van der Waals surface area contributed by atoms with Crippen LogP contribution in [0.25, 0.3) is 0 Å². The third kappa shape index (κ3) is 4.46. The van der Waals surface area contributed by atoms with Crippen molar-refractivity contribution in [2.24, 2.45) is 11.8 Å². The van der Waals surface area contributed by atoms with Crippen molar-refractivity contribution in [3.63, 3.8) is 0 Å². The molecule has 112 valence electrons. The van der Waals surface area contributed by atoms with Gasteiger partial charge in [-0.1, -0.05) is 31.4 Å². The molecule has 0 amide bonds. The van der Waals surface area contributed by atoms with E-state index in [9.17, 15) is 4.39 Å². The van der Waals surface area contributed by atoms with Crippen molar-refractivity contribution in [3.8, 4) is 0 Å². The number of halogens is 2. The Morgan fingerprint density at radius 3 is 2.75 bits per heavy atom. The lowest BCUT2D eigenvalue weighted by molar-refractivity contribution is 0.228. The zero-order valence-electron chi connectivity index (χ0n) is 12.3. The van der Waals surface area contributed by atoms with E-state index in [1.165, 1.54) is 38.2 Å². The molecule has 1 saturated carbocycles. The molecule has 0 bridgehead atoms. The molecular formula is C17H25ClFN. The van der Waals surface area contributed by atoms with E-state index in [1.54, 1.807) is 12.1 Å². The number of hydrogen-bond donors (Lipinski definition) is 1. The van der Waals surface area contributed by atoms with Gasteiger partial charge in [-0.25, -0.2) is 4.39 Å². The first kappa shape index (κ1) is 15.8. The lowest BCUT2D eigenvalue weighted by Crippen LogP contribution is -2.32. The van der Waals surface area contributed by atoms with Crippen LogP contribution in [0.2, 0.25) is 5.02 Å². The maximum absolute atomic E-state index is 13.4. The molecule has 0 aromatic heterocycles. The zero-order chi connectivity index (χ0) is 14.4. The van der Waals surface area contributed by atoms with Gasteiger partial charge in [-0.3, -0.25) is 0 Å². The van der Waals surface area contributed by atoms with Gasteiger partial charge in [-0.2, -0.15) is 0 Å². The SMILES string of the molecule is CCCNCC1CCCCC1Cc1cc(F)ccc1Cl. The Kier molecular flexibility index (Phi) is 6.31. The topological polar surface area (TPSA) is 12.0 Å². The molecule has 20 heavy (non-hydrogen) atoms. The van der Waals surface area contributed by atoms with Gasteiger partial charge >= 0.3 is 0 Å². The predicted octanol–water partition coefficient (Wildman–Crippen LogP) is 4.83. The molecule has 1 aliphatic rings. The standard InChI is InChI=1S/C17H25ClFN/c1-2-9-20-12-14-6-4-3-5-13(14)10-15-11-16(19)7-8-17(15)18/h7-8,11,13-14,20H,2-6,9-10,12H2,1H3. The molecule has 0 saturated heterocycles. The van der Waals surface area contributed by atoms with Gasteiger partial charge in [0.1, 0.15) is 5.82 Å². The highest BCUT2D eigenvalue weighted by atomic mass is 35.5. The maximum atomic E-state index is 13.4. The van der Waals surface area contributed by atoms with E-state index < -0.39 is 0 Å². The Labute approximate surface area is 126 Å². The van der Waals surface area contributed by atoms with E-state index in [0.717, 1.165) is 25.1 Å². The highest BCUT2D eigenvalue weighted by Gasteiger charge is 2.25. The molecule has 0 aliphatic heterocycles. The summed E-state index contributed by atoms with van der Waals surface area (Å²) in [5, 5.41) is 4.25. The summed E-state index contributed by atoms with van der Waals surface area (Å²) in [6.45, 7) is 4.37. The summed E-state index contributed by atoms with van der Waals surface area (Å²) >= 11 is 6.21. The van der Waals surface area contributed by atoms with E-state index in [0.29, 0.717) is 16.9 Å². The minimum Gasteiger partial charge on any atom is -0.316 e. The van der Waals surface area contributed by atoms with Crippen molar-refractivity contribution in [1.29, 1.82) is 0 Å². The quantitative estimate of drug-likeness (QED) is 0.742. The first-order chi connectivity index (χ1) is 9.70. The van der Waals surface area contributed by atoms with Gasteiger partial charge in [0.05, 0.1) is 0 Å². The van der Waals surface area contributed by atoms with Crippen LogP contribution in [0.15, 0.2) is 18.2 Å². The van der Waals surface area contributed by atoms with Crippen molar-refractivity contribution in [3.05, 3.63) is 34.6 Å². The molecular weight excluding hydrogens is 273 g/mol. The lowest BCUT2D eigenvalue weighted by Gasteiger charge is -2.32. The third-order valence-corrected chi connectivity index (χ3v) is 4.76. The second-order valence-electron chi connectivity index (χ2n) is 5.95. The van der Waals surface area contributed by atoms with Crippen molar-refractivity contribution in [1.82, 2.24) is 5.32 Å². The van der Waals surface area contributed by atoms with E-state index >= 15 is 0 Å². The summed E-state index contributed by atoms with van der Waals surface area (Å²) in [4.78, 5) is 0. The summed E-state index contributed by atoms with van der Waals surface area (Å²) in [5.41, 5.74) is 0.971. The molecule has 2 rings (SSSR count). The van der Waals surface area contributed by atoms with Gasteiger partial charge in [0.2, 0.25) is 0 Å². The van der Waals surface area contributed by atoms with Crippen LogP contribution >= 0.6 is 11.6 Å². The Hall–Kier alpha value is -0.600. The van der Waals surface area contributed by atoms with Crippen LogP contribution in [0.4, 0.5) is 4.39 Å². The van der Waals surface area contributed by atoms with Crippen molar-refractivity contribution in [2.75, 3.05) is 13.1 Å². The van der Waals surface area contributed by atoms with E-state index in [2.05, 4.69) is 12.2 Å². The number of nitrogens with one attached hydrogen (secondary N) is 1. The number of rotatable bonds is 6. The Morgan fingerprint density at radius 2 is 2.00 bits per heavy atom. The van der Waals surface area contributed by atoms with Crippen LogP contribution in [0.3, 0.4) is 0 Å². The van der Waals surface area contributed by atoms with Crippen molar-refractivity contribution in [2.45, 2.75) is 45.4 Å². The number of hydrogen-bond acceptors (Lipinski definition) is 1. The van der Waals surface area contributed by atoms with E-state index in [1.807, 2.05) is 0 Å². The monoisotopic (exact) mass is 297 g/mol. The third-order valence-electron chi connectivity index (χ3n) is 4.39. The summed E-state index contributed by atoms with van der Waals surface area (Å²) in [5.74, 6) is 1.16. The Balaban J connectivity index is 1.98. The fraction of sp³-hybridized carbons (Fsp3) is 0.647. The molecule has 0 radical (unpaired) electrons. The fourth-order valence-electron chi connectivity index (χ4n) is 3.27. The average Bonchev–Trinajstić information content (AvgIpc) is 2.45. The largest absolute Gasteiger partial charge is 0.316 e. The smallest absolute Gasteiger partial charge is 0.123 e. The van der Waals surface area contributed by atoms with E-state index in [-0.39, 0.29) is 5.82 Å². The molecule has 1 fully saturated rings. The highest BCUT2D eigenvalue weighted by Crippen LogP contribution is 2.33. The van der Waals surface area contributed by atoms with Crippen LogP contribution in [0.1, 0.15) is 44.6 Å². The van der Waals surface area contributed by atoms with E-state index in [4.69, 9.17) is 11.6 Å². The molecule has 0 spiro atoms. The Bertz CT molecular complexity index is 421. The molecule has 2 atom stereocenters. The van der Waals surface area contributed by atoms with Crippen LogP contribution in [0.5, 0.6) is 0 Å². The lowest BCUT2D eigenvalue weighted by atomic mass is 9.76. The summed E-state index contributed by atoms with van der Waals surface area (Å²) < 4.78 is 13.4. The number of benzene rings is 1. The molecule has 2 unspecified atom stereocenters. The van der Waals surface area contributed by atoms with Gasteiger partial charge in [-0.15, -0.1) is 0 Å². The normalized spacial score (nSPS) is 22.9. The summed E-state index contributed by atoms with van der Waals surface area (Å²) in [6, 6.07) is 4.72.